The summed E-state index contributed by atoms with van der Waals surface area (Å²) in [6, 6.07) is 8.67. The molecule has 36 heavy (non-hydrogen) atoms. The summed E-state index contributed by atoms with van der Waals surface area (Å²) in [5, 5.41) is 24.2. The molecule has 0 bridgehead atoms. The maximum Gasteiger partial charge on any atom is 0.240 e. The molecule has 2 saturated heterocycles. The predicted octanol–water partition coefficient (Wildman–Crippen LogP) is 2.57. The number of hydrogen-bond donors (Lipinski definition) is 2. The van der Waals surface area contributed by atoms with Crippen LogP contribution in [0.4, 0.5) is 20.5 Å². The first-order chi connectivity index (χ1) is 17.5. The predicted molar refractivity (Wildman–Crippen MR) is 138 cm³/mol. The third-order valence-corrected chi connectivity index (χ3v) is 7.22. The van der Waals surface area contributed by atoms with E-state index in [2.05, 4.69) is 45.7 Å². The molecule has 190 valence electrons. The lowest BCUT2D eigenvalue weighted by Gasteiger charge is -2.34. The number of carbonyl (C=O) groups is 1. The summed E-state index contributed by atoms with van der Waals surface area (Å²) >= 11 is 7.29. The number of anilines is 3. The highest BCUT2D eigenvalue weighted by atomic mass is 35.5. The van der Waals surface area contributed by atoms with Crippen LogP contribution in [0, 0.1) is 5.82 Å². The standard InChI is InChI=1S/C23H27ClFN9OS/c24-17-10-16(11-18(25)12-17)13-32-6-8-33(9-7-32)15-21(35)28-23-31-30-22(36-23)27-19-3-5-34(14-19)20-2-1-4-26-29-20/h1-2,4,10-12,19H,3,5-9,13-15H2,(H,27,30)(H,28,31,35)/t19-/m1/s1. The van der Waals surface area contributed by atoms with Crippen molar-refractivity contribution in [2.24, 2.45) is 0 Å². The first kappa shape index (κ1) is 24.8. The van der Waals surface area contributed by atoms with Crippen LogP contribution in [-0.4, -0.2) is 88.0 Å². The topological polar surface area (TPSA) is 102 Å². The zero-order valence-electron chi connectivity index (χ0n) is 19.6. The molecule has 1 amide bonds. The molecule has 13 heteroatoms. The summed E-state index contributed by atoms with van der Waals surface area (Å²) in [5.41, 5.74) is 0.853. The highest BCUT2D eigenvalue weighted by Crippen LogP contribution is 2.24. The summed E-state index contributed by atoms with van der Waals surface area (Å²) in [5.74, 6) is 0.430. The number of rotatable bonds is 8. The van der Waals surface area contributed by atoms with Gasteiger partial charge in [0.1, 0.15) is 5.82 Å². The zero-order valence-corrected chi connectivity index (χ0v) is 21.2. The van der Waals surface area contributed by atoms with Crippen molar-refractivity contribution in [2.45, 2.75) is 19.0 Å². The monoisotopic (exact) mass is 531 g/mol. The molecule has 2 aliphatic rings. The Hall–Kier alpha value is -2.93. The molecule has 0 spiro atoms. The van der Waals surface area contributed by atoms with Crippen molar-refractivity contribution in [1.82, 2.24) is 30.2 Å². The SMILES string of the molecule is O=C(CN1CCN(Cc2cc(F)cc(Cl)c2)CC1)Nc1nnc(N[C@@H]2CCN(c3cccnn3)C2)s1. The Morgan fingerprint density at radius 3 is 2.67 bits per heavy atom. The highest BCUT2D eigenvalue weighted by molar-refractivity contribution is 7.19. The maximum atomic E-state index is 13.6. The largest absolute Gasteiger partial charge is 0.355 e. The molecule has 2 aliphatic heterocycles. The van der Waals surface area contributed by atoms with Crippen LogP contribution in [0.3, 0.4) is 0 Å². The van der Waals surface area contributed by atoms with Gasteiger partial charge in [0.15, 0.2) is 5.82 Å². The van der Waals surface area contributed by atoms with E-state index in [0.29, 0.717) is 21.8 Å². The van der Waals surface area contributed by atoms with Crippen LogP contribution < -0.4 is 15.5 Å². The lowest BCUT2D eigenvalue weighted by Crippen LogP contribution is -2.48. The van der Waals surface area contributed by atoms with Gasteiger partial charge < -0.3 is 10.2 Å². The minimum atomic E-state index is -0.324. The molecule has 0 unspecified atom stereocenters. The molecule has 1 atom stereocenters. The van der Waals surface area contributed by atoms with Crippen LogP contribution in [0.1, 0.15) is 12.0 Å². The molecule has 10 nitrogen and oxygen atoms in total. The van der Waals surface area contributed by atoms with Gasteiger partial charge in [0, 0.05) is 63.1 Å². The second-order valence-corrected chi connectivity index (χ2v) is 10.4. The Bertz CT molecular complexity index is 1160. The van der Waals surface area contributed by atoms with Crippen molar-refractivity contribution >= 4 is 44.9 Å². The van der Waals surface area contributed by atoms with E-state index < -0.39 is 0 Å². The summed E-state index contributed by atoms with van der Waals surface area (Å²) in [6.45, 7) is 5.71. The van der Waals surface area contributed by atoms with Crippen LogP contribution >= 0.6 is 22.9 Å². The van der Waals surface area contributed by atoms with Crippen LogP contribution in [0.25, 0.3) is 0 Å². The summed E-state index contributed by atoms with van der Waals surface area (Å²) in [6.07, 6.45) is 2.62. The summed E-state index contributed by atoms with van der Waals surface area (Å²) in [4.78, 5) is 19.1. The summed E-state index contributed by atoms with van der Waals surface area (Å²) < 4.78 is 13.6. The number of amides is 1. The number of nitrogens with zero attached hydrogens (tertiary/aromatic N) is 7. The molecular formula is C23H27ClFN9OS. The van der Waals surface area contributed by atoms with Gasteiger partial charge in [-0.2, -0.15) is 5.10 Å². The van der Waals surface area contributed by atoms with Crippen molar-refractivity contribution in [3.63, 3.8) is 0 Å². The van der Waals surface area contributed by atoms with Gasteiger partial charge in [0.25, 0.3) is 0 Å². The lowest BCUT2D eigenvalue weighted by atomic mass is 10.2. The van der Waals surface area contributed by atoms with Gasteiger partial charge in [-0.3, -0.25) is 19.9 Å². The maximum absolute atomic E-state index is 13.6. The van der Waals surface area contributed by atoms with Gasteiger partial charge in [-0.25, -0.2) is 4.39 Å². The van der Waals surface area contributed by atoms with Gasteiger partial charge in [-0.05, 0) is 42.3 Å². The fraction of sp³-hybridized carbons (Fsp3) is 0.435. The Morgan fingerprint density at radius 1 is 1.08 bits per heavy atom. The fourth-order valence-corrected chi connectivity index (χ4v) is 5.46. The molecule has 0 aliphatic carbocycles. The molecule has 4 heterocycles. The molecule has 3 aromatic rings. The minimum Gasteiger partial charge on any atom is -0.355 e. The number of carbonyl (C=O) groups excluding carboxylic acids is 1. The van der Waals surface area contributed by atoms with Gasteiger partial charge in [0.2, 0.25) is 16.2 Å². The van der Waals surface area contributed by atoms with Crippen LogP contribution in [0.5, 0.6) is 0 Å². The average Bonchev–Trinajstić information content (AvgIpc) is 3.50. The smallest absolute Gasteiger partial charge is 0.240 e. The van der Waals surface area contributed by atoms with Gasteiger partial charge in [0.05, 0.1) is 6.54 Å². The van der Waals surface area contributed by atoms with Crippen molar-refractivity contribution < 1.29 is 9.18 Å². The van der Waals surface area contributed by atoms with Gasteiger partial charge in [-0.15, -0.1) is 15.3 Å². The Labute approximate surface area is 217 Å². The molecule has 2 N–H and O–H groups in total. The number of nitrogens with one attached hydrogen (secondary N) is 2. The fourth-order valence-electron chi connectivity index (χ4n) is 4.48. The first-order valence-corrected chi connectivity index (χ1v) is 13.0. The van der Waals surface area contributed by atoms with E-state index >= 15 is 0 Å². The van der Waals surface area contributed by atoms with Crippen molar-refractivity contribution in [3.8, 4) is 0 Å². The van der Waals surface area contributed by atoms with E-state index in [0.717, 1.165) is 57.1 Å². The molecule has 5 rings (SSSR count). The molecule has 1 aromatic carbocycles. The Balaban J connectivity index is 1.04. The quantitative estimate of drug-likeness (QED) is 0.454. The second-order valence-electron chi connectivity index (χ2n) is 8.95. The van der Waals surface area contributed by atoms with E-state index in [1.165, 1.54) is 23.5 Å². The molecule has 2 aromatic heterocycles. The normalized spacial score (nSPS) is 18.9. The molecule has 0 radical (unpaired) electrons. The number of benzene rings is 1. The first-order valence-electron chi connectivity index (χ1n) is 11.8. The number of aromatic nitrogens is 4. The van der Waals surface area contributed by atoms with Crippen LogP contribution in [0.2, 0.25) is 5.02 Å². The molecular weight excluding hydrogens is 505 g/mol. The van der Waals surface area contributed by atoms with E-state index in [9.17, 15) is 9.18 Å². The third kappa shape index (κ3) is 6.64. The molecule has 0 saturated carbocycles. The van der Waals surface area contributed by atoms with E-state index in [1.54, 1.807) is 12.3 Å². The number of piperazine rings is 1. The molecule has 2 fully saturated rings. The minimum absolute atomic E-state index is 0.113. The van der Waals surface area contributed by atoms with Crippen molar-refractivity contribution in [1.29, 1.82) is 0 Å². The lowest BCUT2D eigenvalue weighted by molar-refractivity contribution is -0.117. The van der Waals surface area contributed by atoms with E-state index in [1.807, 2.05) is 12.1 Å². The van der Waals surface area contributed by atoms with Crippen LogP contribution in [0.15, 0.2) is 36.5 Å². The second kappa shape index (κ2) is 11.4. The van der Waals surface area contributed by atoms with Crippen molar-refractivity contribution in [2.75, 3.05) is 61.3 Å². The average molecular weight is 532 g/mol. The number of hydrogen-bond acceptors (Lipinski definition) is 10. The Kier molecular flexibility index (Phi) is 7.85. The third-order valence-electron chi connectivity index (χ3n) is 6.23. The van der Waals surface area contributed by atoms with Crippen LogP contribution in [-0.2, 0) is 11.3 Å². The number of halogens is 2. The van der Waals surface area contributed by atoms with E-state index in [-0.39, 0.29) is 24.3 Å². The summed E-state index contributed by atoms with van der Waals surface area (Å²) in [7, 11) is 0. The van der Waals surface area contributed by atoms with Gasteiger partial charge >= 0.3 is 0 Å². The zero-order chi connectivity index (χ0) is 24.9. The van der Waals surface area contributed by atoms with Crippen molar-refractivity contribution in [3.05, 3.63) is 52.9 Å². The highest BCUT2D eigenvalue weighted by Gasteiger charge is 2.25. The van der Waals surface area contributed by atoms with E-state index in [4.69, 9.17) is 11.6 Å². The van der Waals surface area contributed by atoms with Gasteiger partial charge in [-0.1, -0.05) is 22.9 Å². The Morgan fingerprint density at radius 2 is 1.89 bits per heavy atom.